The van der Waals surface area contributed by atoms with Gasteiger partial charge < -0.3 is 49.1 Å². The lowest BCUT2D eigenvalue weighted by Gasteiger charge is -2.17. The van der Waals surface area contributed by atoms with Crippen molar-refractivity contribution in [1.29, 1.82) is 0 Å². The maximum Gasteiger partial charge on any atom is 0.416 e. The molecular weight excluding hydrogens is 591 g/mol. The van der Waals surface area contributed by atoms with Crippen LogP contribution in [0.3, 0.4) is 0 Å². The summed E-state index contributed by atoms with van der Waals surface area (Å²) < 4.78 is 41.9. The molecule has 0 radical (unpaired) electrons. The van der Waals surface area contributed by atoms with Gasteiger partial charge in [0.05, 0.1) is 5.56 Å². The molecule has 0 saturated heterocycles. The lowest BCUT2D eigenvalue weighted by atomic mass is 9.95. The van der Waals surface area contributed by atoms with Crippen molar-refractivity contribution in [2.45, 2.75) is 64.3 Å². The summed E-state index contributed by atoms with van der Waals surface area (Å²) >= 11 is 0. The minimum atomic E-state index is -4.42. The van der Waals surface area contributed by atoms with E-state index in [4.69, 9.17) is 17.2 Å². The van der Waals surface area contributed by atoms with Gasteiger partial charge in [0.15, 0.2) is 0 Å². The quantitative estimate of drug-likeness (QED) is 0.0633. The Hall–Kier alpha value is -2.13. The molecule has 0 bridgehead atoms. The largest absolute Gasteiger partial charge is 0.416 e. The first-order valence-corrected chi connectivity index (χ1v) is 17.1. The lowest BCUT2D eigenvalue weighted by molar-refractivity contribution is -0.138. The lowest BCUT2D eigenvalue weighted by Crippen LogP contribution is -2.24. The van der Waals surface area contributed by atoms with Crippen LogP contribution in [-0.4, -0.2) is 78.5 Å². The van der Waals surface area contributed by atoms with Gasteiger partial charge in [-0.15, -0.1) is 0 Å². The van der Waals surface area contributed by atoms with E-state index in [9.17, 15) is 13.2 Å². The molecule has 0 aliphatic heterocycles. The maximum absolute atomic E-state index is 14.0. The van der Waals surface area contributed by atoms with E-state index in [0.717, 1.165) is 113 Å². The summed E-state index contributed by atoms with van der Waals surface area (Å²) in [5.74, 6) is 0. The van der Waals surface area contributed by atoms with Crippen molar-refractivity contribution >= 4 is 0 Å². The highest BCUT2D eigenvalue weighted by atomic mass is 19.4. The first-order chi connectivity index (χ1) is 22.4. The molecular formula is C34H60F3N9. The monoisotopic (exact) mass is 651 g/mol. The number of nitrogens with one attached hydrogen (secondary N) is 6. The maximum atomic E-state index is 14.0. The minimum absolute atomic E-state index is 0.153. The van der Waals surface area contributed by atoms with Crippen molar-refractivity contribution < 1.29 is 13.2 Å². The highest BCUT2D eigenvalue weighted by molar-refractivity contribution is 5.67. The Kier molecular flexibility index (Phi) is 21.7. The predicted octanol–water partition coefficient (Wildman–Crippen LogP) is 2.63. The van der Waals surface area contributed by atoms with E-state index in [2.05, 4.69) is 50.1 Å². The number of rotatable bonds is 28. The Labute approximate surface area is 274 Å². The van der Waals surface area contributed by atoms with Crippen molar-refractivity contribution in [2.75, 3.05) is 78.5 Å². The van der Waals surface area contributed by atoms with Crippen LogP contribution >= 0.6 is 0 Å². The summed E-state index contributed by atoms with van der Waals surface area (Å²) in [4.78, 5) is 0. The summed E-state index contributed by atoms with van der Waals surface area (Å²) in [5, 5.41) is 20.3. The molecule has 0 aliphatic carbocycles. The van der Waals surface area contributed by atoms with E-state index < -0.39 is 11.7 Å². The number of alkyl halides is 3. The first-order valence-electron chi connectivity index (χ1n) is 17.1. The summed E-state index contributed by atoms with van der Waals surface area (Å²) in [7, 11) is 0. The summed E-state index contributed by atoms with van der Waals surface area (Å²) in [5.41, 5.74) is 20.2. The van der Waals surface area contributed by atoms with E-state index in [0.29, 0.717) is 39.3 Å². The number of benzene rings is 2. The van der Waals surface area contributed by atoms with Crippen LogP contribution in [-0.2, 0) is 25.8 Å². The molecule has 9 nitrogen and oxygen atoms in total. The molecule has 0 heterocycles. The predicted molar refractivity (Wildman–Crippen MR) is 185 cm³/mol. The molecule has 0 aliphatic rings. The number of hydrogen-bond donors (Lipinski definition) is 9. The second-order valence-electron chi connectivity index (χ2n) is 11.7. The van der Waals surface area contributed by atoms with Gasteiger partial charge in [-0.1, -0.05) is 12.1 Å². The molecule has 46 heavy (non-hydrogen) atoms. The van der Waals surface area contributed by atoms with Crippen molar-refractivity contribution in [3.05, 3.63) is 58.7 Å². The van der Waals surface area contributed by atoms with Gasteiger partial charge in [0.1, 0.15) is 0 Å². The molecule has 0 atom stereocenters. The molecule has 2 aromatic rings. The summed E-state index contributed by atoms with van der Waals surface area (Å²) in [6, 6.07) is 10.9. The molecule has 0 unspecified atom stereocenters. The third-order valence-electron chi connectivity index (χ3n) is 7.56. The Morgan fingerprint density at radius 2 is 0.870 bits per heavy atom. The van der Waals surface area contributed by atoms with Crippen LogP contribution in [0, 0.1) is 0 Å². The second-order valence-corrected chi connectivity index (χ2v) is 11.7. The van der Waals surface area contributed by atoms with Gasteiger partial charge in [-0.3, -0.25) is 0 Å². The summed E-state index contributed by atoms with van der Waals surface area (Å²) in [6.07, 6.45) is 1.24. The minimum Gasteiger partial charge on any atom is -0.330 e. The fourth-order valence-corrected chi connectivity index (χ4v) is 5.09. The molecule has 0 fully saturated rings. The zero-order valence-electron chi connectivity index (χ0n) is 27.7. The van der Waals surface area contributed by atoms with Crippen molar-refractivity contribution in [2.24, 2.45) is 17.2 Å². The average Bonchev–Trinajstić information content (AvgIpc) is 3.04. The molecule has 0 aromatic heterocycles. The summed E-state index contributed by atoms with van der Waals surface area (Å²) in [6.45, 7) is 11.2. The topological polar surface area (TPSA) is 150 Å². The van der Waals surface area contributed by atoms with E-state index in [1.165, 1.54) is 6.07 Å². The van der Waals surface area contributed by atoms with E-state index in [-0.39, 0.29) is 12.1 Å². The van der Waals surface area contributed by atoms with Gasteiger partial charge in [-0.2, -0.15) is 13.2 Å². The number of halogens is 3. The molecule has 0 amide bonds. The van der Waals surface area contributed by atoms with Crippen LogP contribution in [0.2, 0.25) is 0 Å². The van der Waals surface area contributed by atoms with Gasteiger partial charge in [0, 0.05) is 19.6 Å². The van der Waals surface area contributed by atoms with Crippen molar-refractivity contribution in [3.8, 4) is 11.1 Å². The van der Waals surface area contributed by atoms with Crippen molar-refractivity contribution in [3.63, 3.8) is 0 Å². The van der Waals surface area contributed by atoms with Crippen LogP contribution in [0.5, 0.6) is 0 Å². The zero-order chi connectivity index (χ0) is 33.3. The SMILES string of the molecule is NCCCNCCCNCc1cc(CNCCCNCCCN)cc(-c2ccc(C(F)(F)F)c(CNCCCNCCCN)c2)c1. The molecule has 2 aromatic carbocycles. The van der Waals surface area contributed by atoms with Gasteiger partial charge in [-0.05, 0) is 169 Å². The Morgan fingerprint density at radius 3 is 1.30 bits per heavy atom. The van der Waals surface area contributed by atoms with Gasteiger partial charge in [0.2, 0.25) is 0 Å². The normalized spacial score (nSPS) is 11.9. The number of hydrogen-bond acceptors (Lipinski definition) is 9. The van der Waals surface area contributed by atoms with Gasteiger partial charge in [-0.25, -0.2) is 0 Å². The Morgan fingerprint density at radius 1 is 0.457 bits per heavy atom. The highest BCUT2D eigenvalue weighted by Gasteiger charge is 2.33. The van der Waals surface area contributed by atoms with Crippen LogP contribution in [0.1, 0.15) is 60.8 Å². The molecule has 0 saturated carbocycles. The fraction of sp³-hybridized carbons (Fsp3) is 0.647. The highest BCUT2D eigenvalue weighted by Crippen LogP contribution is 2.35. The molecule has 262 valence electrons. The smallest absolute Gasteiger partial charge is 0.330 e. The van der Waals surface area contributed by atoms with Crippen LogP contribution < -0.4 is 49.1 Å². The van der Waals surface area contributed by atoms with Crippen molar-refractivity contribution in [1.82, 2.24) is 31.9 Å². The fourth-order valence-electron chi connectivity index (χ4n) is 5.09. The Balaban J connectivity index is 2.11. The zero-order valence-corrected chi connectivity index (χ0v) is 27.7. The third-order valence-corrected chi connectivity index (χ3v) is 7.56. The van der Waals surface area contributed by atoms with Crippen LogP contribution in [0.15, 0.2) is 36.4 Å². The van der Waals surface area contributed by atoms with Crippen LogP contribution in [0.4, 0.5) is 13.2 Å². The number of nitrogens with two attached hydrogens (primary N) is 3. The molecule has 12 heteroatoms. The standard InChI is InChI=1S/C34H60F3N9/c35-34(36,37)33-8-7-30(24-32(33)27-46-20-6-17-43-14-3-11-40)31-22-28(25-44-18-4-15-41-12-1-9-38)21-29(23-31)26-45-19-5-16-42-13-2-10-39/h7-8,21-24,41-46H,1-6,9-20,25-27,38-40H2. The molecule has 2 rings (SSSR count). The van der Waals surface area contributed by atoms with E-state index in [1.54, 1.807) is 12.1 Å². The van der Waals surface area contributed by atoms with Gasteiger partial charge in [0.25, 0.3) is 0 Å². The molecule has 0 spiro atoms. The van der Waals surface area contributed by atoms with Gasteiger partial charge >= 0.3 is 6.18 Å². The second kappa shape index (κ2) is 25.0. The van der Waals surface area contributed by atoms with E-state index in [1.807, 2.05) is 0 Å². The third kappa shape index (κ3) is 17.7. The average molecular weight is 652 g/mol. The van der Waals surface area contributed by atoms with E-state index >= 15 is 0 Å². The van der Waals surface area contributed by atoms with Crippen LogP contribution in [0.25, 0.3) is 11.1 Å². The molecule has 12 N–H and O–H groups in total. The first kappa shape index (κ1) is 40.0. The Bertz CT molecular complexity index is 1010.